The van der Waals surface area contributed by atoms with Crippen LogP contribution in [0.4, 0.5) is 0 Å². The molecule has 1 aliphatic rings. The Bertz CT molecular complexity index is 4900. The smallest absolute Gasteiger partial charge is 0.0651 e. The highest BCUT2D eigenvalue weighted by atomic mass is 15.0. The van der Waals surface area contributed by atoms with Gasteiger partial charge in [0.1, 0.15) is 0 Å². The molecule has 0 saturated heterocycles. The lowest BCUT2D eigenvalue weighted by Gasteiger charge is -2.21. The predicted molar refractivity (Wildman–Crippen MR) is 325 cm³/mol. The fraction of sp³-hybridized carbons (Fsp3) is 0.0405. The summed E-state index contributed by atoms with van der Waals surface area (Å²) in [6, 6.07) is 92.1. The molecule has 15 aromatic rings. The maximum Gasteiger partial charge on any atom is 0.0651 e. The van der Waals surface area contributed by atoms with Gasteiger partial charge >= 0.3 is 0 Å². The van der Waals surface area contributed by atoms with E-state index in [4.69, 9.17) is 4.98 Å². The third kappa shape index (κ3) is 6.60. The molecule has 12 aromatic carbocycles. The highest BCUT2D eigenvalue weighted by Gasteiger charge is 2.34. The highest BCUT2D eigenvalue weighted by molar-refractivity contribution is 6.29. The van der Waals surface area contributed by atoms with Crippen molar-refractivity contribution in [2.45, 2.75) is 19.3 Å². The average Bonchev–Trinajstić information content (AvgIpc) is 4.31. The van der Waals surface area contributed by atoms with E-state index in [0.717, 1.165) is 22.5 Å². The number of pyridine rings is 1. The molecule has 0 spiro atoms. The second kappa shape index (κ2) is 16.6. The summed E-state index contributed by atoms with van der Waals surface area (Å²) in [6.07, 6.45) is 3.95. The Labute approximate surface area is 446 Å². The lowest BCUT2D eigenvalue weighted by Crippen LogP contribution is -2.14. The number of rotatable bonds is 7. The maximum absolute atomic E-state index is 4.81. The van der Waals surface area contributed by atoms with Crippen LogP contribution in [0.25, 0.3) is 143 Å². The molecule has 0 bridgehead atoms. The molecule has 16 rings (SSSR count). The van der Waals surface area contributed by atoms with Gasteiger partial charge in [-0.1, -0.05) is 196 Å². The van der Waals surface area contributed by atoms with Gasteiger partial charge in [0.05, 0.1) is 34.0 Å². The lowest BCUT2D eigenvalue weighted by atomic mass is 9.82. The quantitative estimate of drug-likeness (QED) is 0.146. The summed E-state index contributed by atoms with van der Waals surface area (Å²) in [5.74, 6) is 0. The minimum atomic E-state index is -0.0204. The number of fused-ring (bicyclic) bond motifs is 9. The van der Waals surface area contributed by atoms with Crippen LogP contribution in [0, 0.1) is 0 Å². The van der Waals surface area contributed by atoms with Crippen molar-refractivity contribution in [2.24, 2.45) is 0 Å². The Hall–Kier alpha value is -9.83. The largest absolute Gasteiger partial charge is 0.309 e. The first-order chi connectivity index (χ1) is 37.9. The van der Waals surface area contributed by atoms with E-state index in [0.29, 0.717) is 0 Å². The second-order valence-corrected chi connectivity index (χ2v) is 21.5. The van der Waals surface area contributed by atoms with Gasteiger partial charge < -0.3 is 9.13 Å². The Kier molecular flexibility index (Phi) is 9.38. The monoisotopic (exact) mass is 979 g/mol. The van der Waals surface area contributed by atoms with Crippen molar-refractivity contribution in [1.82, 2.24) is 14.1 Å². The van der Waals surface area contributed by atoms with Crippen LogP contribution < -0.4 is 0 Å². The molecular weight excluding hydrogens is 931 g/mol. The Morgan fingerprint density at radius 1 is 0.260 bits per heavy atom. The minimum Gasteiger partial charge on any atom is -0.309 e. The van der Waals surface area contributed by atoms with Crippen LogP contribution >= 0.6 is 0 Å². The number of para-hydroxylation sites is 3. The summed E-state index contributed by atoms with van der Waals surface area (Å²) in [5.41, 5.74) is 21.5. The Morgan fingerprint density at radius 2 is 0.662 bits per heavy atom. The van der Waals surface area contributed by atoms with Gasteiger partial charge in [-0.15, -0.1) is 0 Å². The number of hydrogen-bond acceptors (Lipinski definition) is 1. The van der Waals surface area contributed by atoms with E-state index in [1.807, 2.05) is 12.4 Å². The highest BCUT2D eigenvalue weighted by Crippen LogP contribution is 2.51. The summed E-state index contributed by atoms with van der Waals surface area (Å²) in [7, 11) is 0. The van der Waals surface area contributed by atoms with Gasteiger partial charge in [-0.2, -0.15) is 0 Å². The van der Waals surface area contributed by atoms with E-state index in [-0.39, 0.29) is 5.41 Å². The van der Waals surface area contributed by atoms with Crippen molar-refractivity contribution in [3.63, 3.8) is 0 Å². The zero-order valence-electron chi connectivity index (χ0n) is 42.7. The molecule has 77 heavy (non-hydrogen) atoms. The zero-order valence-corrected chi connectivity index (χ0v) is 42.7. The standard InChI is InChI=1S/C74H49N3/c1-74(2)66-25-12-23-62-58-36-34-54(42-64(58)63-24-13-26-67(74)73(63)72(62)66)51-17-10-16-50(39-51)49-15-9-14-48(38-49)46-30-32-47(33-31-46)53-35-37-71-65(43-53)61-22-5-8-29-70(61)76(71)56-19-11-18-52(40-56)55-41-57(45-75-44-55)77-68-27-6-3-20-59(68)60-21-4-7-28-69(60)77/h3-45H,1-2H3. The molecule has 3 heteroatoms. The number of benzene rings is 12. The number of nitrogens with zero attached hydrogens (tertiary/aromatic N) is 3. The molecule has 360 valence electrons. The van der Waals surface area contributed by atoms with Crippen LogP contribution in [0.15, 0.2) is 261 Å². The van der Waals surface area contributed by atoms with E-state index >= 15 is 0 Å². The molecule has 0 amide bonds. The maximum atomic E-state index is 4.81. The van der Waals surface area contributed by atoms with Crippen LogP contribution in [0.1, 0.15) is 25.0 Å². The Balaban J connectivity index is 0.703. The topological polar surface area (TPSA) is 22.8 Å². The summed E-state index contributed by atoms with van der Waals surface area (Å²) in [4.78, 5) is 4.81. The first kappa shape index (κ1) is 43.6. The van der Waals surface area contributed by atoms with Gasteiger partial charge in [0.25, 0.3) is 0 Å². The van der Waals surface area contributed by atoms with Crippen LogP contribution in [-0.4, -0.2) is 14.1 Å². The van der Waals surface area contributed by atoms with Crippen molar-refractivity contribution < 1.29 is 0 Å². The van der Waals surface area contributed by atoms with Gasteiger partial charge in [0, 0.05) is 44.4 Å². The molecule has 3 heterocycles. The SMILES string of the molecule is CC1(C)c2cccc3c4ccc(-c5cccc(-c6cccc(-c7ccc(-c8ccc9c(c8)c8ccccc8n9-c8cccc(-c9cncc(-n%10c%11ccccc%11c%11ccccc%11%10)c9)c8)cc7)c6)c5)cc4c4cccc1c4c23. The van der Waals surface area contributed by atoms with Crippen molar-refractivity contribution in [3.05, 3.63) is 272 Å². The number of hydrogen-bond donors (Lipinski definition) is 0. The van der Waals surface area contributed by atoms with Gasteiger partial charge in [-0.3, -0.25) is 4.98 Å². The average molecular weight is 980 g/mol. The van der Waals surface area contributed by atoms with Crippen LogP contribution in [0.3, 0.4) is 0 Å². The van der Waals surface area contributed by atoms with Crippen LogP contribution in [0.5, 0.6) is 0 Å². The Morgan fingerprint density at radius 3 is 1.27 bits per heavy atom. The molecule has 3 nitrogen and oxygen atoms in total. The first-order valence-electron chi connectivity index (χ1n) is 26.7. The summed E-state index contributed by atoms with van der Waals surface area (Å²) in [5, 5.41) is 13.1. The van der Waals surface area contributed by atoms with Gasteiger partial charge in [0.15, 0.2) is 0 Å². The van der Waals surface area contributed by atoms with E-state index in [9.17, 15) is 0 Å². The molecule has 0 atom stereocenters. The summed E-state index contributed by atoms with van der Waals surface area (Å²) < 4.78 is 4.74. The molecule has 1 aliphatic carbocycles. The third-order valence-corrected chi connectivity index (χ3v) is 16.9. The molecule has 0 N–H and O–H groups in total. The third-order valence-electron chi connectivity index (χ3n) is 16.9. The van der Waals surface area contributed by atoms with Crippen molar-refractivity contribution in [2.75, 3.05) is 0 Å². The zero-order chi connectivity index (χ0) is 50.9. The van der Waals surface area contributed by atoms with Crippen LogP contribution in [0.2, 0.25) is 0 Å². The first-order valence-corrected chi connectivity index (χ1v) is 26.7. The molecule has 0 radical (unpaired) electrons. The fourth-order valence-electron chi connectivity index (χ4n) is 13.2. The minimum absolute atomic E-state index is 0.0204. The lowest BCUT2D eigenvalue weighted by molar-refractivity contribution is 0.663. The van der Waals surface area contributed by atoms with E-state index in [1.54, 1.807) is 0 Å². The van der Waals surface area contributed by atoms with Crippen LogP contribution in [-0.2, 0) is 5.41 Å². The van der Waals surface area contributed by atoms with Gasteiger partial charge in [-0.05, 0) is 160 Å². The summed E-state index contributed by atoms with van der Waals surface area (Å²) in [6.45, 7) is 4.75. The van der Waals surface area contributed by atoms with Gasteiger partial charge in [-0.25, -0.2) is 0 Å². The van der Waals surface area contributed by atoms with Crippen molar-refractivity contribution >= 4 is 75.9 Å². The van der Waals surface area contributed by atoms with E-state index in [1.165, 1.54) is 132 Å². The molecule has 0 saturated carbocycles. The molecular formula is C74H49N3. The fourth-order valence-corrected chi connectivity index (χ4v) is 13.2. The van der Waals surface area contributed by atoms with Gasteiger partial charge in [0.2, 0.25) is 0 Å². The molecule has 0 fully saturated rings. The summed E-state index contributed by atoms with van der Waals surface area (Å²) >= 11 is 0. The van der Waals surface area contributed by atoms with E-state index in [2.05, 4.69) is 272 Å². The second-order valence-electron chi connectivity index (χ2n) is 21.5. The molecule has 0 aliphatic heterocycles. The van der Waals surface area contributed by atoms with Crippen molar-refractivity contribution in [3.8, 4) is 67.0 Å². The predicted octanol–water partition coefficient (Wildman–Crippen LogP) is 19.7. The van der Waals surface area contributed by atoms with Crippen molar-refractivity contribution in [1.29, 1.82) is 0 Å². The molecule has 3 aromatic heterocycles. The number of aromatic nitrogens is 3. The normalized spacial score (nSPS) is 12.9. The molecule has 0 unspecified atom stereocenters. The van der Waals surface area contributed by atoms with E-state index < -0.39 is 0 Å².